The maximum Gasteiger partial charge on any atom is 0.327 e. The number of piperidine rings is 1. The second-order valence-corrected chi connectivity index (χ2v) is 10.2. The van der Waals surface area contributed by atoms with E-state index in [1.165, 1.54) is 0 Å². The van der Waals surface area contributed by atoms with Crippen molar-refractivity contribution in [1.82, 2.24) is 28.6 Å². The van der Waals surface area contributed by atoms with Gasteiger partial charge in [-0.15, -0.1) is 0 Å². The van der Waals surface area contributed by atoms with E-state index in [-0.39, 0.29) is 17.6 Å². The minimum Gasteiger partial charge on any atom is -0.304 e. The molecule has 0 aromatic carbocycles. The summed E-state index contributed by atoms with van der Waals surface area (Å²) in [4.78, 5) is 19.8. The quantitative estimate of drug-likeness (QED) is 0.665. The van der Waals surface area contributed by atoms with Crippen LogP contribution in [-0.4, -0.2) is 50.1 Å². The number of hydrogen-bond donors (Lipinski definition) is 1. The average molecular weight is 433 g/mol. The molecule has 0 saturated carbocycles. The Hall–Kier alpha value is -2.46. The fourth-order valence-electron chi connectivity index (χ4n) is 4.40. The molecular formula is C20H28N6O3S. The highest BCUT2D eigenvalue weighted by atomic mass is 32.2. The summed E-state index contributed by atoms with van der Waals surface area (Å²) in [6.45, 7) is 8.95. The third-order valence-corrected chi connectivity index (χ3v) is 8.04. The Bertz CT molecular complexity index is 1230. The van der Waals surface area contributed by atoms with Gasteiger partial charge in [0, 0.05) is 31.9 Å². The van der Waals surface area contributed by atoms with Crippen LogP contribution in [0.5, 0.6) is 0 Å². The molecule has 0 unspecified atom stereocenters. The van der Waals surface area contributed by atoms with E-state index >= 15 is 0 Å². The summed E-state index contributed by atoms with van der Waals surface area (Å²) in [6, 6.07) is 3.72. The number of H-pyrrole nitrogens is 1. The van der Waals surface area contributed by atoms with E-state index in [1.807, 2.05) is 26.8 Å². The maximum absolute atomic E-state index is 13.3. The van der Waals surface area contributed by atoms with Crippen LogP contribution in [0.4, 0.5) is 0 Å². The predicted octanol–water partition coefficient (Wildman–Crippen LogP) is 2.22. The fourth-order valence-corrected chi connectivity index (χ4v) is 6.23. The van der Waals surface area contributed by atoms with Gasteiger partial charge < -0.3 is 4.98 Å². The molecule has 3 aromatic heterocycles. The van der Waals surface area contributed by atoms with Gasteiger partial charge in [-0.25, -0.2) is 18.2 Å². The van der Waals surface area contributed by atoms with Gasteiger partial charge in [-0.05, 0) is 58.6 Å². The Morgan fingerprint density at radius 3 is 2.57 bits per heavy atom. The number of imidazole rings is 1. The fraction of sp³-hybridized carbons (Fsp3) is 0.550. The zero-order valence-corrected chi connectivity index (χ0v) is 18.6. The third kappa shape index (κ3) is 3.47. The Kier molecular flexibility index (Phi) is 5.31. The number of nitrogens with one attached hydrogen (secondary N) is 1. The van der Waals surface area contributed by atoms with Crippen LogP contribution in [-0.2, 0) is 16.6 Å². The summed E-state index contributed by atoms with van der Waals surface area (Å²) < 4.78 is 31.6. The van der Waals surface area contributed by atoms with E-state index in [4.69, 9.17) is 0 Å². The highest BCUT2D eigenvalue weighted by Gasteiger charge is 2.34. The van der Waals surface area contributed by atoms with Crippen molar-refractivity contribution in [3.63, 3.8) is 0 Å². The van der Waals surface area contributed by atoms with Crippen LogP contribution >= 0.6 is 0 Å². The van der Waals surface area contributed by atoms with Crippen molar-refractivity contribution in [2.24, 2.45) is 5.92 Å². The Morgan fingerprint density at radius 1 is 1.23 bits per heavy atom. The molecule has 162 valence electrons. The number of fused-ring (bicyclic) bond motifs is 1. The number of pyridine rings is 1. The normalized spacial score (nSPS) is 16.7. The van der Waals surface area contributed by atoms with Crippen molar-refractivity contribution in [3.05, 3.63) is 40.2 Å². The van der Waals surface area contributed by atoms with E-state index in [0.717, 1.165) is 5.52 Å². The van der Waals surface area contributed by atoms with E-state index in [0.29, 0.717) is 54.4 Å². The Morgan fingerprint density at radius 2 is 1.93 bits per heavy atom. The smallest absolute Gasteiger partial charge is 0.304 e. The predicted molar refractivity (Wildman–Crippen MR) is 114 cm³/mol. The summed E-state index contributed by atoms with van der Waals surface area (Å²) >= 11 is 0. The molecule has 0 aliphatic carbocycles. The molecule has 3 aromatic rings. The molecule has 0 spiro atoms. The first kappa shape index (κ1) is 20.8. The molecule has 1 N–H and O–H groups in total. The second kappa shape index (κ2) is 7.66. The van der Waals surface area contributed by atoms with Crippen LogP contribution in [0, 0.1) is 19.8 Å². The lowest BCUT2D eigenvalue weighted by Gasteiger charge is -2.31. The number of aryl methyl sites for hydroxylation is 1. The Balaban J connectivity index is 1.51. The van der Waals surface area contributed by atoms with Gasteiger partial charge in [0.05, 0.1) is 16.9 Å². The molecule has 1 aliphatic heterocycles. The maximum atomic E-state index is 13.3. The van der Waals surface area contributed by atoms with Gasteiger partial charge in [-0.3, -0.25) is 9.25 Å². The van der Waals surface area contributed by atoms with Gasteiger partial charge in [0.15, 0.2) is 5.65 Å². The molecule has 1 saturated heterocycles. The van der Waals surface area contributed by atoms with Crippen LogP contribution in [0.3, 0.4) is 0 Å². The second-order valence-electron chi connectivity index (χ2n) is 8.30. The largest absolute Gasteiger partial charge is 0.327 e. The highest BCUT2D eigenvalue weighted by molar-refractivity contribution is 7.89. The van der Waals surface area contributed by atoms with Gasteiger partial charge in [-0.1, -0.05) is 0 Å². The van der Waals surface area contributed by atoms with E-state index < -0.39 is 10.0 Å². The van der Waals surface area contributed by atoms with E-state index in [2.05, 4.69) is 15.1 Å². The molecular weight excluding hydrogens is 404 g/mol. The average Bonchev–Trinajstić information content (AvgIpc) is 3.18. The number of aromatic nitrogens is 5. The van der Waals surface area contributed by atoms with Gasteiger partial charge >= 0.3 is 5.69 Å². The van der Waals surface area contributed by atoms with Crippen LogP contribution in [0.1, 0.15) is 44.1 Å². The lowest BCUT2D eigenvalue weighted by atomic mass is 9.98. The van der Waals surface area contributed by atoms with E-state index in [9.17, 15) is 13.2 Å². The zero-order valence-electron chi connectivity index (χ0n) is 17.8. The molecule has 1 aliphatic rings. The molecule has 9 nitrogen and oxygen atoms in total. The number of hydrogen-bond acceptors (Lipinski definition) is 5. The van der Waals surface area contributed by atoms with Crippen molar-refractivity contribution >= 4 is 21.2 Å². The summed E-state index contributed by atoms with van der Waals surface area (Å²) in [7, 11) is -3.60. The van der Waals surface area contributed by atoms with Gasteiger partial charge in [-0.2, -0.15) is 9.40 Å². The van der Waals surface area contributed by atoms with Crippen LogP contribution in [0.2, 0.25) is 0 Å². The van der Waals surface area contributed by atoms with Gasteiger partial charge in [0.2, 0.25) is 10.0 Å². The Labute approximate surface area is 175 Å². The molecule has 4 rings (SSSR count). The standard InChI is InChI=1S/C20H28N6O3S/c1-13(2)26-15(4)18(14(3)23-26)30(28,29)24-10-7-16(8-11-24)12-25-19-17(22-20(25)27)6-5-9-21-19/h5-6,9,13,16H,7-8,10-12H2,1-4H3,(H,22,27). The van der Waals surface area contributed by atoms with Crippen molar-refractivity contribution in [2.75, 3.05) is 13.1 Å². The molecule has 1 fully saturated rings. The van der Waals surface area contributed by atoms with Crippen molar-refractivity contribution in [3.8, 4) is 0 Å². The van der Waals surface area contributed by atoms with Crippen LogP contribution in [0.15, 0.2) is 28.0 Å². The zero-order chi connectivity index (χ0) is 21.6. The monoisotopic (exact) mass is 432 g/mol. The molecule has 0 radical (unpaired) electrons. The summed E-state index contributed by atoms with van der Waals surface area (Å²) in [5.41, 5.74) is 2.41. The van der Waals surface area contributed by atoms with Gasteiger partial charge in [0.1, 0.15) is 4.90 Å². The SMILES string of the molecule is Cc1nn(C(C)C)c(C)c1S(=O)(=O)N1CCC(Cn2c(=O)[nH]c3cccnc32)CC1. The molecule has 10 heteroatoms. The molecule has 0 bridgehead atoms. The van der Waals surface area contributed by atoms with Crippen molar-refractivity contribution in [2.45, 2.75) is 58.0 Å². The van der Waals surface area contributed by atoms with Crippen LogP contribution in [0.25, 0.3) is 11.2 Å². The summed E-state index contributed by atoms with van der Waals surface area (Å²) in [5.74, 6) is 0.218. The molecule has 4 heterocycles. The summed E-state index contributed by atoms with van der Waals surface area (Å²) in [6.07, 6.45) is 3.06. The van der Waals surface area contributed by atoms with Crippen molar-refractivity contribution < 1.29 is 8.42 Å². The molecule has 0 atom stereocenters. The molecule has 0 amide bonds. The first-order valence-corrected chi connectivity index (χ1v) is 11.7. The first-order valence-electron chi connectivity index (χ1n) is 10.3. The van der Waals surface area contributed by atoms with Gasteiger partial charge in [0.25, 0.3) is 0 Å². The lowest BCUT2D eigenvalue weighted by molar-refractivity contribution is 0.252. The number of nitrogens with zero attached hydrogens (tertiary/aromatic N) is 5. The third-order valence-electron chi connectivity index (χ3n) is 5.89. The summed E-state index contributed by atoms with van der Waals surface area (Å²) in [5, 5.41) is 4.44. The number of sulfonamides is 1. The minimum atomic E-state index is -3.60. The van der Waals surface area contributed by atoms with Crippen molar-refractivity contribution in [1.29, 1.82) is 0 Å². The molecule has 30 heavy (non-hydrogen) atoms. The topological polar surface area (TPSA) is 106 Å². The highest BCUT2D eigenvalue weighted by Crippen LogP contribution is 2.29. The number of aromatic amines is 1. The van der Waals surface area contributed by atoms with E-state index in [1.54, 1.807) is 32.7 Å². The minimum absolute atomic E-state index is 0.0986. The van der Waals surface area contributed by atoms with Crippen LogP contribution < -0.4 is 5.69 Å². The first-order chi connectivity index (χ1) is 14.2. The lowest BCUT2D eigenvalue weighted by Crippen LogP contribution is -2.40. The number of rotatable bonds is 5.